The summed E-state index contributed by atoms with van der Waals surface area (Å²) in [4.78, 5) is 6.80. The minimum Gasteiger partial charge on any atom is -0.853 e. The smallest absolute Gasteiger partial charge is 0.215 e. The van der Waals surface area contributed by atoms with Crippen LogP contribution < -0.4 is 16.2 Å². The molecule has 1 aromatic heterocycles. The molecular formula is C8H9BN3O2-. The molecule has 0 aliphatic carbocycles. The Hall–Kier alpha value is -1.53. The molecule has 0 aliphatic rings. The predicted molar refractivity (Wildman–Crippen MR) is 52.8 cm³/mol. The lowest BCUT2D eigenvalue weighted by Gasteiger charge is -2.11. The zero-order valence-corrected chi connectivity index (χ0v) is 7.61. The zero-order valence-electron chi connectivity index (χ0n) is 7.61. The van der Waals surface area contributed by atoms with Gasteiger partial charge in [-0.3, -0.25) is 0 Å². The number of anilines is 1. The number of aromatic amines is 1. The first-order valence-electron chi connectivity index (χ1n) is 4.18. The third kappa shape index (κ3) is 1.25. The Morgan fingerprint density at radius 3 is 2.93 bits per heavy atom. The number of rotatable bonds is 1. The van der Waals surface area contributed by atoms with Crippen LogP contribution in [0, 0.1) is 6.92 Å². The quantitative estimate of drug-likeness (QED) is 0.476. The second-order valence-electron chi connectivity index (χ2n) is 3.17. The van der Waals surface area contributed by atoms with E-state index in [4.69, 9.17) is 10.8 Å². The number of imidazole rings is 1. The van der Waals surface area contributed by atoms with E-state index in [1.165, 1.54) is 0 Å². The number of fused-ring (bicyclic) bond motifs is 1. The number of H-pyrrole nitrogens is 1. The third-order valence-electron chi connectivity index (χ3n) is 2.17. The molecule has 0 unspecified atom stereocenters. The first kappa shape index (κ1) is 9.05. The maximum atomic E-state index is 10.9. The Morgan fingerprint density at radius 1 is 1.57 bits per heavy atom. The number of nitrogen functional groups attached to an aromatic ring is 1. The van der Waals surface area contributed by atoms with Gasteiger partial charge in [-0.05, 0) is 17.9 Å². The van der Waals surface area contributed by atoms with Gasteiger partial charge in [-0.2, -0.15) is 0 Å². The molecule has 6 heteroatoms. The molecule has 2 aromatic rings. The van der Waals surface area contributed by atoms with Crippen molar-refractivity contribution in [2.24, 2.45) is 0 Å². The molecule has 0 amide bonds. The van der Waals surface area contributed by atoms with Crippen molar-refractivity contribution >= 4 is 29.6 Å². The van der Waals surface area contributed by atoms with E-state index >= 15 is 0 Å². The fourth-order valence-electron chi connectivity index (χ4n) is 1.46. The number of nitrogens with one attached hydrogen (secondary N) is 1. The number of aryl methyl sites for hydroxylation is 1. The topological polar surface area (TPSA) is 98.0 Å². The number of nitrogens with two attached hydrogens (primary N) is 1. The van der Waals surface area contributed by atoms with Crippen molar-refractivity contribution in [2.45, 2.75) is 6.92 Å². The van der Waals surface area contributed by atoms with Gasteiger partial charge >= 0.3 is 0 Å². The summed E-state index contributed by atoms with van der Waals surface area (Å²) >= 11 is 0. The Balaban J connectivity index is 2.81. The van der Waals surface area contributed by atoms with Gasteiger partial charge in [-0.1, -0.05) is 12.1 Å². The molecule has 72 valence electrons. The maximum Gasteiger partial charge on any atom is 0.215 e. The van der Waals surface area contributed by atoms with Crippen LogP contribution in [0.15, 0.2) is 12.1 Å². The van der Waals surface area contributed by atoms with Gasteiger partial charge in [-0.25, -0.2) is 4.98 Å². The van der Waals surface area contributed by atoms with E-state index < -0.39 is 7.12 Å². The standard InChI is InChI=1S/C8H9BN3O2/c1-4-2-3-5(9(13)14)7-6(4)11-8(10)12-7/h2-3,13H,1H3,(H3,10,11,12)/q-1. The number of hydrogen-bond acceptors (Lipinski definition) is 4. The fraction of sp³-hybridized carbons (Fsp3) is 0.125. The molecule has 14 heavy (non-hydrogen) atoms. The molecule has 0 saturated carbocycles. The normalized spacial score (nSPS) is 10.8. The molecule has 0 saturated heterocycles. The van der Waals surface area contributed by atoms with Crippen LogP contribution in [0.3, 0.4) is 0 Å². The molecule has 1 aromatic carbocycles. The van der Waals surface area contributed by atoms with Crippen LogP contribution in [-0.2, 0) is 0 Å². The molecule has 0 bridgehead atoms. The van der Waals surface area contributed by atoms with Crippen LogP contribution >= 0.6 is 0 Å². The summed E-state index contributed by atoms with van der Waals surface area (Å²) in [7, 11) is -1.78. The molecule has 0 fully saturated rings. The lowest BCUT2D eigenvalue weighted by atomic mass is 9.79. The zero-order chi connectivity index (χ0) is 10.3. The first-order chi connectivity index (χ1) is 6.59. The number of benzene rings is 1. The van der Waals surface area contributed by atoms with Crippen molar-refractivity contribution in [2.75, 3.05) is 5.73 Å². The van der Waals surface area contributed by atoms with Crippen LogP contribution in [0.4, 0.5) is 5.95 Å². The molecule has 0 radical (unpaired) electrons. The number of nitrogens with zero attached hydrogens (tertiary/aromatic N) is 1. The van der Waals surface area contributed by atoms with E-state index in [1.807, 2.05) is 6.92 Å². The SMILES string of the molecule is Cc1ccc(B([O-])O)c2nc(N)[nH]c12. The Bertz CT molecular complexity index is 481. The summed E-state index contributed by atoms with van der Waals surface area (Å²) in [6.07, 6.45) is 0. The Morgan fingerprint density at radius 2 is 2.29 bits per heavy atom. The third-order valence-corrected chi connectivity index (χ3v) is 2.17. The van der Waals surface area contributed by atoms with Gasteiger partial charge in [0.15, 0.2) is 5.95 Å². The predicted octanol–water partition coefficient (Wildman–Crippen LogP) is -1.50. The fourth-order valence-corrected chi connectivity index (χ4v) is 1.46. The molecular weight excluding hydrogens is 181 g/mol. The molecule has 0 atom stereocenters. The highest BCUT2D eigenvalue weighted by Gasteiger charge is 2.10. The molecule has 5 nitrogen and oxygen atoms in total. The maximum absolute atomic E-state index is 10.9. The van der Waals surface area contributed by atoms with Gasteiger partial charge < -0.3 is 20.8 Å². The minimum absolute atomic E-state index is 0.246. The van der Waals surface area contributed by atoms with E-state index in [9.17, 15) is 5.02 Å². The summed E-state index contributed by atoms with van der Waals surface area (Å²) < 4.78 is 0. The second kappa shape index (κ2) is 3.00. The number of hydrogen-bond donors (Lipinski definition) is 3. The summed E-state index contributed by atoms with van der Waals surface area (Å²) in [5.41, 5.74) is 7.82. The average molecular weight is 190 g/mol. The number of aromatic nitrogens is 2. The van der Waals surface area contributed by atoms with Gasteiger partial charge in [0.05, 0.1) is 11.0 Å². The Labute approximate surface area is 80.7 Å². The van der Waals surface area contributed by atoms with Crippen molar-refractivity contribution in [3.05, 3.63) is 17.7 Å². The highest BCUT2D eigenvalue weighted by atomic mass is 16.4. The van der Waals surface area contributed by atoms with Gasteiger partial charge in [0.2, 0.25) is 7.12 Å². The van der Waals surface area contributed by atoms with Crippen molar-refractivity contribution in [3.8, 4) is 0 Å². The van der Waals surface area contributed by atoms with Gasteiger partial charge in [-0.15, -0.1) is 0 Å². The second-order valence-corrected chi connectivity index (χ2v) is 3.17. The molecule has 2 rings (SSSR count). The van der Waals surface area contributed by atoms with E-state index in [1.54, 1.807) is 12.1 Å². The highest BCUT2D eigenvalue weighted by Crippen LogP contribution is 2.14. The molecule has 0 aliphatic heterocycles. The molecule has 1 heterocycles. The lowest BCUT2D eigenvalue weighted by Crippen LogP contribution is -2.44. The van der Waals surface area contributed by atoms with Crippen molar-refractivity contribution < 1.29 is 10.0 Å². The van der Waals surface area contributed by atoms with Crippen molar-refractivity contribution in [1.29, 1.82) is 0 Å². The Kier molecular flexibility index (Phi) is 1.94. The van der Waals surface area contributed by atoms with Crippen LogP contribution in [0.25, 0.3) is 11.0 Å². The largest absolute Gasteiger partial charge is 0.853 e. The van der Waals surface area contributed by atoms with Crippen LogP contribution in [0.5, 0.6) is 0 Å². The van der Waals surface area contributed by atoms with Gasteiger partial charge in [0.1, 0.15) is 0 Å². The molecule has 0 spiro atoms. The van der Waals surface area contributed by atoms with Gasteiger partial charge in [0.25, 0.3) is 0 Å². The van der Waals surface area contributed by atoms with Crippen molar-refractivity contribution in [3.63, 3.8) is 0 Å². The minimum atomic E-state index is -1.78. The first-order valence-corrected chi connectivity index (χ1v) is 4.18. The van der Waals surface area contributed by atoms with Crippen molar-refractivity contribution in [1.82, 2.24) is 9.97 Å². The van der Waals surface area contributed by atoms with E-state index in [0.29, 0.717) is 11.0 Å². The van der Waals surface area contributed by atoms with Crippen LogP contribution in [0.1, 0.15) is 5.56 Å². The summed E-state index contributed by atoms with van der Waals surface area (Å²) in [5, 5.41) is 19.9. The summed E-state index contributed by atoms with van der Waals surface area (Å²) in [5.74, 6) is 0.246. The average Bonchev–Trinajstić information content (AvgIpc) is 2.47. The summed E-state index contributed by atoms with van der Waals surface area (Å²) in [6, 6.07) is 3.31. The monoisotopic (exact) mass is 190 g/mol. The lowest BCUT2D eigenvalue weighted by molar-refractivity contribution is -0.210. The van der Waals surface area contributed by atoms with E-state index in [0.717, 1.165) is 5.56 Å². The molecule has 4 N–H and O–H groups in total. The van der Waals surface area contributed by atoms with E-state index in [-0.39, 0.29) is 11.4 Å². The van der Waals surface area contributed by atoms with E-state index in [2.05, 4.69) is 9.97 Å². The summed E-state index contributed by atoms with van der Waals surface area (Å²) in [6.45, 7) is 1.88. The van der Waals surface area contributed by atoms with Crippen LogP contribution in [0.2, 0.25) is 0 Å². The van der Waals surface area contributed by atoms with Gasteiger partial charge in [0, 0.05) is 0 Å². The van der Waals surface area contributed by atoms with Crippen LogP contribution in [-0.4, -0.2) is 22.1 Å². The highest BCUT2D eigenvalue weighted by molar-refractivity contribution is 6.60.